The number of nitrogens with zero attached hydrogens (tertiary/aromatic N) is 1. The largest absolute Gasteiger partial charge is 0.393 e. The Balaban J connectivity index is 2.06. The van der Waals surface area contributed by atoms with E-state index in [0.29, 0.717) is 10.4 Å². The number of nitrogens with two attached hydrogens (primary N) is 1. The molecule has 2 N–H and O–H groups in total. The summed E-state index contributed by atoms with van der Waals surface area (Å²) >= 11 is 4.86. The number of thiocarbonyl (C=S) groups is 1. The van der Waals surface area contributed by atoms with Crippen LogP contribution in [0.4, 0.5) is 0 Å². The molecule has 0 aromatic rings. The number of unbranched alkanes of at least 4 members (excludes halogenated alkanes) is 1. The summed E-state index contributed by atoms with van der Waals surface area (Å²) in [6.07, 6.45) is 5.96. The Hall–Kier alpha value is -0.150. The van der Waals surface area contributed by atoms with Crippen LogP contribution in [-0.4, -0.2) is 29.5 Å². The molecule has 1 aliphatic heterocycles. The van der Waals surface area contributed by atoms with Gasteiger partial charge < -0.3 is 10.6 Å². The predicted molar refractivity (Wildman–Crippen MR) is 70.1 cm³/mol. The maximum absolute atomic E-state index is 5.47. The Labute approximate surface area is 99.2 Å². The van der Waals surface area contributed by atoms with E-state index in [1.165, 1.54) is 38.9 Å². The monoisotopic (exact) mass is 228 g/mol. The smallest absolute Gasteiger partial charge is 0.0727 e. The van der Waals surface area contributed by atoms with Gasteiger partial charge in [-0.05, 0) is 57.2 Å². The molecule has 3 heteroatoms. The third kappa shape index (κ3) is 5.47. The van der Waals surface area contributed by atoms with E-state index >= 15 is 0 Å². The lowest BCUT2D eigenvalue weighted by atomic mass is 9.82. The summed E-state index contributed by atoms with van der Waals surface area (Å²) in [5, 5.41) is 0. The molecule has 1 saturated heterocycles. The summed E-state index contributed by atoms with van der Waals surface area (Å²) < 4.78 is 0. The van der Waals surface area contributed by atoms with Gasteiger partial charge in [-0.25, -0.2) is 0 Å². The van der Waals surface area contributed by atoms with Gasteiger partial charge in [-0.2, -0.15) is 0 Å². The molecule has 0 amide bonds. The molecular formula is C12H24N2S. The van der Waals surface area contributed by atoms with Gasteiger partial charge in [0.15, 0.2) is 0 Å². The molecule has 2 nitrogen and oxygen atoms in total. The standard InChI is InChI=1S/C12H24N2S/c1-12(2)6-9-14(10-7-12)8-4-3-5-11(13)15/h3-10H2,1-2H3,(H2,13,15). The van der Waals surface area contributed by atoms with E-state index in [9.17, 15) is 0 Å². The zero-order valence-electron chi connectivity index (χ0n) is 10.1. The third-order valence-electron chi connectivity index (χ3n) is 3.36. The molecular weight excluding hydrogens is 204 g/mol. The lowest BCUT2D eigenvalue weighted by molar-refractivity contribution is 0.131. The normalized spacial score (nSPS) is 21.5. The van der Waals surface area contributed by atoms with E-state index < -0.39 is 0 Å². The molecule has 1 rings (SSSR count). The van der Waals surface area contributed by atoms with Crippen LogP contribution in [0.15, 0.2) is 0 Å². The Morgan fingerprint density at radius 3 is 2.40 bits per heavy atom. The van der Waals surface area contributed by atoms with Crippen LogP contribution in [0.1, 0.15) is 46.0 Å². The first-order valence-corrected chi connectivity index (χ1v) is 6.41. The fourth-order valence-corrected chi connectivity index (χ4v) is 2.16. The highest BCUT2D eigenvalue weighted by molar-refractivity contribution is 7.80. The van der Waals surface area contributed by atoms with Crippen LogP contribution < -0.4 is 5.73 Å². The molecule has 0 aromatic carbocycles. The molecule has 1 fully saturated rings. The van der Waals surface area contributed by atoms with Gasteiger partial charge in [0.05, 0.1) is 4.99 Å². The first-order valence-electron chi connectivity index (χ1n) is 6.00. The fourth-order valence-electron chi connectivity index (χ4n) is 2.02. The Kier molecular flexibility index (Phi) is 5.00. The van der Waals surface area contributed by atoms with Gasteiger partial charge in [0.25, 0.3) is 0 Å². The molecule has 1 aliphatic rings. The van der Waals surface area contributed by atoms with Crippen molar-refractivity contribution in [2.24, 2.45) is 11.1 Å². The van der Waals surface area contributed by atoms with Crippen molar-refractivity contribution in [2.75, 3.05) is 19.6 Å². The van der Waals surface area contributed by atoms with Gasteiger partial charge in [-0.1, -0.05) is 26.1 Å². The summed E-state index contributed by atoms with van der Waals surface area (Å²) in [4.78, 5) is 3.24. The quantitative estimate of drug-likeness (QED) is 0.579. The van der Waals surface area contributed by atoms with Crippen molar-refractivity contribution in [3.05, 3.63) is 0 Å². The molecule has 0 spiro atoms. The van der Waals surface area contributed by atoms with E-state index in [4.69, 9.17) is 18.0 Å². The number of rotatable bonds is 5. The van der Waals surface area contributed by atoms with Crippen molar-refractivity contribution in [3.8, 4) is 0 Å². The van der Waals surface area contributed by atoms with Gasteiger partial charge in [0.2, 0.25) is 0 Å². The molecule has 0 bridgehead atoms. The lowest BCUT2D eigenvalue weighted by Gasteiger charge is -2.36. The Morgan fingerprint density at radius 2 is 1.87 bits per heavy atom. The van der Waals surface area contributed by atoms with Gasteiger partial charge in [0, 0.05) is 0 Å². The molecule has 0 saturated carbocycles. The molecule has 1 heterocycles. The van der Waals surface area contributed by atoms with Crippen molar-refractivity contribution < 1.29 is 0 Å². The maximum atomic E-state index is 5.47. The summed E-state index contributed by atoms with van der Waals surface area (Å²) in [6, 6.07) is 0. The second kappa shape index (κ2) is 5.80. The second-order valence-corrected chi connectivity index (χ2v) is 5.95. The third-order valence-corrected chi connectivity index (χ3v) is 3.56. The molecule has 0 aliphatic carbocycles. The SMILES string of the molecule is CC1(C)CCN(CCCCC(N)=S)CC1. The van der Waals surface area contributed by atoms with Crippen LogP contribution in [0, 0.1) is 5.41 Å². The van der Waals surface area contributed by atoms with Crippen LogP contribution in [0.25, 0.3) is 0 Å². The highest BCUT2D eigenvalue weighted by atomic mass is 32.1. The van der Waals surface area contributed by atoms with Crippen molar-refractivity contribution in [1.29, 1.82) is 0 Å². The van der Waals surface area contributed by atoms with Crippen molar-refractivity contribution in [2.45, 2.75) is 46.0 Å². The van der Waals surface area contributed by atoms with Gasteiger partial charge in [0.1, 0.15) is 0 Å². The summed E-state index contributed by atoms with van der Waals surface area (Å²) in [5.41, 5.74) is 6.03. The van der Waals surface area contributed by atoms with Crippen LogP contribution >= 0.6 is 12.2 Å². The average Bonchev–Trinajstić information content (AvgIpc) is 2.14. The zero-order chi connectivity index (χ0) is 11.3. The number of piperidine rings is 1. The molecule has 0 aromatic heterocycles. The fraction of sp³-hybridized carbons (Fsp3) is 0.917. The van der Waals surface area contributed by atoms with Gasteiger partial charge >= 0.3 is 0 Å². The molecule has 88 valence electrons. The van der Waals surface area contributed by atoms with Crippen molar-refractivity contribution >= 4 is 17.2 Å². The number of hydrogen-bond donors (Lipinski definition) is 1. The van der Waals surface area contributed by atoms with E-state index in [1.807, 2.05) is 0 Å². The predicted octanol–water partition coefficient (Wildman–Crippen LogP) is 2.56. The minimum Gasteiger partial charge on any atom is -0.393 e. The molecule has 0 radical (unpaired) electrons. The summed E-state index contributed by atoms with van der Waals surface area (Å²) in [5.74, 6) is 0. The van der Waals surface area contributed by atoms with E-state index in [2.05, 4.69) is 18.7 Å². The average molecular weight is 228 g/mol. The van der Waals surface area contributed by atoms with E-state index in [0.717, 1.165) is 12.8 Å². The number of likely N-dealkylation sites (tertiary alicyclic amines) is 1. The molecule has 0 atom stereocenters. The topological polar surface area (TPSA) is 29.3 Å². The zero-order valence-corrected chi connectivity index (χ0v) is 10.9. The second-order valence-electron chi connectivity index (χ2n) is 5.43. The molecule has 0 unspecified atom stereocenters. The van der Waals surface area contributed by atoms with Gasteiger partial charge in [-0.3, -0.25) is 0 Å². The van der Waals surface area contributed by atoms with Crippen LogP contribution in [0.5, 0.6) is 0 Å². The molecule has 15 heavy (non-hydrogen) atoms. The first-order chi connectivity index (χ1) is 6.99. The maximum Gasteiger partial charge on any atom is 0.0727 e. The summed E-state index contributed by atoms with van der Waals surface area (Å²) in [6.45, 7) is 8.49. The van der Waals surface area contributed by atoms with Crippen LogP contribution in [0.3, 0.4) is 0 Å². The first kappa shape index (κ1) is 12.9. The van der Waals surface area contributed by atoms with Crippen molar-refractivity contribution in [1.82, 2.24) is 4.90 Å². The van der Waals surface area contributed by atoms with Crippen LogP contribution in [0.2, 0.25) is 0 Å². The van der Waals surface area contributed by atoms with Crippen molar-refractivity contribution in [3.63, 3.8) is 0 Å². The number of hydrogen-bond acceptors (Lipinski definition) is 2. The minimum atomic E-state index is 0.565. The minimum absolute atomic E-state index is 0.565. The van der Waals surface area contributed by atoms with Gasteiger partial charge in [-0.15, -0.1) is 0 Å². The highest BCUT2D eigenvalue weighted by Crippen LogP contribution is 2.29. The van der Waals surface area contributed by atoms with E-state index in [1.54, 1.807) is 0 Å². The summed E-state index contributed by atoms with van der Waals surface area (Å²) in [7, 11) is 0. The van der Waals surface area contributed by atoms with Crippen LogP contribution in [-0.2, 0) is 0 Å². The Morgan fingerprint density at radius 1 is 1.27 bits per heavy atom. The lowest BCUT2D eigenvalue weighted by Crippen LogP contribution is -2.37. The van der Waals surface area contributed by atoms with E-state index in [-0.39, 0.29) is 0 Å². The highest BCUT2D eigenvalue weighted by Gasteiger charge is 2.24. The Bertz CT molecular complexity index is 204.